The van der Waals surface area contributed by atoms with Crippen molar-refractivity contribution >= 4 is 27.5 Å². The molecule has 2 heterocycles. The van der Waals surface area contributed by atoms with Gasteiger partial charge in [-0.2, -0.15) is 0 Å². The second-order valence-electron chi connectivity index (χ2n) is 3.64. The van der Waals surface area contributed by atoms with Crippen LogP contribution in [-0.4, -0.2) is 31.2 Å². The molecule has 4 nitrogen and oxygen atoms in total. The quantitative estimate of drug-likeness (QED) is 0.735. The number of sulfone groups is 1. The Labute approximate surface area is 92.3 Å². The molecular formula is C9H11NO3S2. The average Bonchev–Trinajstić information content (AvgIpc) is 2.66. The molecule has 1 aliphatic heterocycles. The highest BCUT2D eigenvalue weighted by Gasteiger charge is 2.26. The minimum Gasteiger partial charge on any atom is -0.297 e. The molecule has 6 heteroatoms. The van der Waals surface area contributed by atoms with Crippen LogP contribution >= 0.6 is 11.3 Å². The molecule has 0 bridgehead atoms. The molecule has 1 aromatic heterocycles. The Morgan fingerprint density at radius 1 is 1.40 bits per heavy atom. The second-order valence-corrected chi connectivity index (χ2v) is 7.04. The zero-order valence-corrected chi connectivity index (χ0v) is 9.68. The maximum absolute atomic E-state index is 11.2. The molecule has 82 valence electrons. The van der Waals surface area contributed by atoms with Crippen LogP contribution < -0.4 is 0 Å². The molecule has 1 fully saturated rings. The van der Waals surface area contributed by atoms with Crippen molar-refractivity contribution in [3.63, 3.8) is 0 Å². The van der Waals surface area contributed by atoms with Crippen molar-refractivity contribution in [3.8, 4) is 0 Å². The van der Waals surface area contributed by atoms with Gasteiger partial charge in [0, 0.05) is 12.1 Å². The fraction of sp³-hybridized carbons (Fsp3) is 0.556. The van der Waals surface area contributed by atoms with E-state index in [1.165, 1.54) is 11.3 Å². The standard InChI is InChI=1S/C9H11NO3S2/c11-6-8-5-10-9(14-8)7-1-3-15(12,13)4-2-7/h5-7H,1-4H2. The van der Waals surface area contributed by atoms with E-state index >= 15 is 0 Å². The summed E-state index contributed by atoms with van der Waals surface area (Å²) in [6.07, 6.45) is 3.60. The van der Waals surface area contributed by atoms with E-state index in [9.17, 15) is 13.2 Å². The summed E-state index contributed by atoms with van der Waals surface area (Å²) < 4.78 is 22.4. The van der Waals surface area contributed by atoms with E-state index in [4.69, 9.17) is 0 Å². The van der Waals surface area contributed by atoms with Crippen molar-refractivity contribution in [1.82, 2.24) is 4.98 Å². The maximum Gasteiger partial charge on any atom is 0.161 e. The number of nitrogens with zero attached hydrogens (tertiary/aromatic N) is 1. The largest absolute Gasteiger partial charge is 0.297 e. The SMILES string of the molecule is O=Cc1cnc(C2CCS(=O)(=O)CC2)s1. The zero-order valence-electron chi connectivity index (χ0n) is 8.05. The van der Waals surface area contributed by atoms with Crippen molar-refractivity contribution in [2.24, 2.45) is 0 Å². The molecule has 1 aromatic rings. The number of hydrogen-bond donors (Lipinski definition) is 0. The van der Waals surface area contributed by atoms with Gasteiger partial charge in [0.25, 0.3) is 0 Å². The van der Waals surface area contributed by atoms with Crippen molar-refractivity contribution in [2.75, 3.05) is 11.5 Å². The van der Waals surface area contributed by atoms with Gasteiger partial charge in [-0.3, -0.25) is 4.79 Å². The van der Waals surface area contributed by atoms with E-state index in [1.807, 2.05) is 0 Å². The van der Waals surface area contributed by atoms with Crippen LogP contribution in [0.25, 0.3) is 0 Å². The lowest BCUT2D eigenvalue weighted by Gasteiger charge is -2.19. The van der Waals surface area contributed by atoms with Gasteiger partial charge in [-0.05, 0) is 12.8 Å². The lowest BCUT2D eigenvalue weighted by Crippen LogP contribution is -2.21. The van der Waals surface area contributed by atoms with Gasteiger partial charge in [0.2, 0.25) is 0 Å². The smallest absolute Gasteiger partial charge is 0.161 e. The van der Waals surface area contributed by atoms with Gasteiger partial charge in [0.15, 0.2) is 6.29 Å². The summed E-state index contributed by atoms with van der Waals surface area (Å²) >= 11 is 1.37. The van der Waals surface area contributed by atoms with Gasteiger partial charge < -0.3 is 0 Å². The summed E-state index contributed by atoms with van der Waals surface area (Å²) in [5.74, 6) is 0.702. The first kappa shape index (κ1) is 10.8. The average molecular weight is 245 g/mol. The molecule has 1 aliphatic rings. The molecule has 0 radical (unpaired) electrons. The predicted octanol–water partition coefficient (Wildman–Crippen LogP) is 1.25. The van der Waals surface area contributed by atoms with Crippen LogP contribution in [0.1, 0.15) is 33.4 Å². The Kier molecular flexibility index (Phi) is 2.88. The van der Waals surface area contributed by atoms with E-state index in [0.717, 1.165) is 11.3 Å². The number of thiazole rings is 1. The van der Waals surface area contributed by atoms with Gasteiger partial charge >= 0.3 is 0 Å². The number of hydrogen-bond acceptors (Lipinski definition) is 5. The third kappa shape index (κ3) is 2.43. The van der Waals surface area contributed by atoms with Gasteiger partial charge in [0.05, 0.1) is 21.4 Å². The van der Waals surface area contributed by atoms with E-state index < -0.39 is 9.84 Å². The highest BCUT2D eigenvalue weighted by Crippen LogP contribution is 2.31. The van der Waals surface area contributed by atoms with Crippen molar-refractivity contribution in [3.05, 3.63) is 16.1 Å². The van der Waals surface area contributed by atoms with E-state index in [0.29, 0.717) is 17.7 Å². The van der Waals surface area contributed by atoms with Crippen molar-refractivity contribution in [1.29, 1.82) is 0 Å². The number of carbonyl (C=O) groups is 1. The van der Waals surface area contributed by atoms with E-state index in [1.54, 1.807) is 6.20 Å². The van der Waals surface area contributed by atoms with Gasteiger partial charge in [-0.25, -0.2) is 13.4 Å². The lowest BCUT2D eigenvalue weighted by atomic mass is 10.0. The fourth-order valence-corrected chi connectivity index (χ4v) is 4.08. The van der Waals surface area contributed by atoms with E-state index in [2.05, 4.69) is 4.98 Å². The van der Waals surface area contributed by atoms with Crippen LogP contribution in [0.4, 0.5) is 0 Å². The summed E-state index contributed by atoms with van der Waals surface area (Å²) in [7, 11) is -2.82. The Balaban J connectivity index is 2.10. The minimum absolute atomic E-state index is 0.215. The van der Waals surface area contributed by atoms with Crippen LogP contribution in [0.15, 0.2) is 6.20 Å². The number of aldehydes is 1. The lowest BCUT2D eigenvalue weighted by molar-refractivity contribution is 0.112. The number of carbonyl (C=O) groups excluding carboxylic acids is 1. The van der Waals surface area contributed by atoms with Crippen molar-refractivity contribution in [2.45, 2.75) is 18.8 Å². The molecule has 0 N–H and O–H groups in total. The Morgan fingerprint density at radius 2 is 2.07 bits per heavy atom. The molecule has 15 heavy (non-hydrogen) atoms. The van der Waals surface area contributed by atoms with Crippen molar-refractivity contribution < 1.29 is 13.2 Å². The molecule has 2 rings (SSSR count). The normalized spacial score (nSPS) is 21.3. The first-order valence-corrected chi connectivity index (χ1v) is 7.36. The molecule has 0 spiro atoms. The van der Waals surface area contributed by atoms with Crippen LogP contribution in [-0.2, 0) is 9.84 Å². The predicted molar refractivity (Wildman–Crippen MR) is 58.1 cm³/mol. The highest BCUT2D eigenvalue weighted by atomic mass is 32.2. The molecule has 0 amide bonds. The van der Waals surface area contributed by atoms with Gasteiger partial charge in [-0.15, -0.1) is 11.3 Å². The molecule has 0 atom stereocenters. The Hall–Kier alpha value is -0.750. The number of rotatable bonds is 2. The minimum atomic E-state index is -2.82. The summed E-state index contributed by atoms with van der Waals surface area (Å²) in [6, 6.07) is 0. The first-order chi connectivity index (χ1) is 7.11. The Morgan fingerprint density at radius 3 is 2.60 bits per heavy atom. The molecule has 0 unspecified atom stereocenters. The van der Waals surface area contributed by atoms with Crippen LogP contribution in [0.2, 0.25) is 0 Å². The molecule has 0 aliphatic carbocycles. The summed E-state index contributed by atoms with van der Waals surface area (Å²) in [5, 5.41) is 0.895. The second kappa shape index (κ2) is 4.02. The third-order valence-electron chi connectivity index (χ3n) is 2.56. The summed E-state index contributed by atoms with van der Waals surface area (Å²) in [6.45, 7) is 0. The van der Waals surface area contributed by atoms with Crippen LogP contribution in [0, 0.1) is 0 Å². The van der Waals surface area contributed by atoms with Gasteiger partial charge in [-0.1, -0.05) is 0 Å². The Bertz CT molecular complexity index is 449. The van der Waals surface area contributed by atoms with Crippen LogP contribution in [0.3, 0.4) is 0 Å². The zero-order chi connectivity index (χ0) is 10.9. The maximum atomic E-state index is 11.2. The molecule has 0 aromatic carbocycles. The molecule has 1 saturated heterocycles. The monoisotopic (exact) mass is 245 g/mol. The molecular weight excluding hydrogens is 234 g/mol. The summed E-state index contributed by atoms with van der Waals surface area (Å²) in [5.41, 5.74) is 0. The molecule has 0 saturated carbocycles. The van der Waals surface area contributed by atoms with Crippen LogP contribution in [0.5, 0.6) is 0 Å². The van der Waals surface area contributed by atoms with E-state index in [-0.39, 0.29) is 17.4 Å². The van der Waals surface area contributed by atoms with Gasteiger partial charge in [0.1, 0.15) is 9.84 Å². The number of aromatic nitrogens is 1. The fourth-order valence-electron chi connectivity index (χ4n) is 1.68. The summed E-state index contributed by atoms with van der Waals surface area (Å²) in [4.78, 5) is 15.2. The highest BCUT2D eigenvalue weighted by molar-refractivity contribution is 7.91. The third-order valence-corrected chi connectivity index (χ3v) is 5.36. The first-order valence-electron chi connectivity index (χ1n) is 4.72. The topological polar surface area (TPSA) is 64.1 Å².